The van der Waals surface area contributed by atoms with Crippen LogP contribution in [-0.4, -0.2) is 13.2 Å². The third-order valence-electron chi connectivity index (χ3n) is 2.84. The number of hydrogen-bond donors (Lipinski definition) is 1. The van der Waals surface area contributed by atoms with E-state index in [0.29, 0.717) is 10.0 Å². The van der Waals surface area contributed by atoms with Crippen molar-refractivity contribution in [3.05, 3.63) is 27.7 Å². The molecule has 0 bridgehead atoms. The van der Waals surface area contributed by atoms with Gasteiger partial charge in [-0.15, -0.1) is 0 Å². The van der Waals surface area contributed by atoms with Crippen LogP contribution >= 0.6 is 23.2 Å². The molecule has 0 aromatic heterocycles. The van der Waals surface area contributed by atoms with E-state index in [4.69, 9.17) is 32.8 Å². The number of nitrogens with one attached hydrogen (secondary N) is 1. The molecule has 0 fully saturated rings. The Morgan fingerprint density at radius 1 is 1.41 bits per heavy atom. The summed E-state index contributed by atoms with van der Waals surface area (Å²) in [5.74, 6) is 0.746. The van der Waals surface area contributed by atoms with Crippen LogP contribution in [-0.2, 0) is 4.84 Å². The minimum atomic E-state index is -0.0419. The van der Waals surface area contributed by atoms with Gasteiger partial charge in [0, 0.05) is 10.6 Å². The molecule has 0 saturated heterocycles. The van der Waals surface area contributed by atoms with E-state index in [9.17, 15) is 0 Å². The second kappa shape index (κ2) is 5.44. The second-order valence-electron chi connectivity index (χ2n) is 4.04. The lowest BCUT2D eigenvalue weighted by Crippen LogP contribution is -2.30. The van der Waals surface area contributed by atoms with Crippen molar-refractivity contribution >= 4 is 23.2 Å². The molecule has 3 nitrogen and oxygen atoms in total. The van der Waals surface area contributed by atoms with Gasteiger partial charge in [-0.2, -0.15) is 5.48 Å². The molecule has 2 rings (SSSR count). The van der Waals surface area contributed by atoms with Crippen LogP contribution in [0.2, 0.25) is 10.0 Å². The van der Waals surface area contributed by atoms with Gasteiger partial charge in [-0.05, 0) is 18.6 Å². The van der Waals surface area contributed by atoms with Gasteiger partial charge in [-0.1, -0.05) is 36.5 Å². The third kappa shape index (κ3) is 2.52. The molecule has 1 aliphatic rings. The fourth-order valence-corrected chi connectivity index (χ4v) is 2.74. The van der Waals surface area contributed by atoms with Gasteiger partial charge in [0.15, 0.2) is 0 Å². The monoisotopic (exact) mass is 275 g/mol. The highest BCUT2D eigenvalue weighted by atomic mass is 35.5. The summed E-state index contributed by atoms with van der Waals surface area (Å²) in [6, 6.07) is 3.48. The average Bonchev–Trinajstić information content (AvgIpc) is 2.58. The van der Waals surface area contributed by atoms with E-state index in [1.165, 1.54) is 0 Å². The highest BCUT2D eigenvalue weighted by Gasteiger charge is 2.36. The second-order valence-corrected chi connectivity index (χ2v) is 4.89. The Morgan fingerprint density at radius 3 is 2.82 bits per heavy atom. The molecule has 1 aromatic rings. The Morgan fingerprint density at radius 2 is 2.18 bits per heavy atom. The molecule has 5 heteroatoms. The Labute approximate surface area is 111 Å². The van der Waals surface area contributed by atoms with Crippen LogP contribution in [0.25, 0.3) is 0 Å². The van der Waals surface area contributed by atoms with E-state index in [2.05, 4.69) is 12.4 Å². The van der Waals surface area contributed by atoms with Crippen LogP contribution in [0, 0.1) is 0 Å². The van der Waals surface area contributed by atoms with Crippen LogP contribution in [0.15, 0.2) is 12.1 Å². The Hall–Kier alpha value is -0.480. The molecule has 0 radical (unpaired) electrons. The van der Waals surface area contributed by atoms with Crippen molar-refractivity contribution in [2.24, 2.45) is 0 Å². The van der Waals surface area contributed by atoms with Gasteiger partial charge >= 0.3 is 0 Å². The summed E-state index contributed by atoms with van der Waals surface area (Å²) in [6.07, 6.45) is 2.00. The lowest BCUT2D eigenvalue weighted by molar-refractivity contribution is 0.0269. The molecule has 0 amide bonds. The van der Waals surface area contributed by atoms with Gasteiger partial charge in [0.05, 0.1) is 18.2 Å². The van der Waals surface area contributed by atoms with Crippen molar-refractivity contribution in [1.29, 1.82) is 0 Å². The molecule has 1 aliphatic heterocycles. The van der Waals surface area contributed by atoms with E-state index in [1.54, 1.807) is 19.2 Å². The first-order chi connectivity index (χ1) is 8.17. The zero-order chi connectivity index (χ0) is 12.4. The zero-order valence-corrected chi connectivity index (χ0v) is 11.3. The number of hydroxylamine groups is 1. The van der Waals surface area contributed by atoms with E-state index < -0.39 is 0 Å². The third-order valence-corrected chi connectivity index (χ3v) is 3.37. The van der Waals surface area contributed by atoms with E-state index in [-0.39, 0.29) is 12.1 Å². The Kier molecular flexibility index (Phi) is 4.15. The van der Waals surface area contributed by atoms with Crippen LogP contribution in [0.1, 0.15) is 31.4 Å². The van der Waals surface area contributed by atoms with E-state index in [1.807, 2.05) is 0 Å². The topological polar surface area (TPSA) is 30.5 Å². The van der Waals surface area contributed by atoms with Crippen molar-refractivity contribution in [1.82, 2.24) is 5.48 Å². The van der Waals surface area contributed by atoms with Crippen molar-refractivity contribution in [2.45, 2.75) is 31.9 Å². The molecule has 2 atom stereocenters. The number of fused-ring (bicyclic) bond motifs is 1. The van der Waals surface area contributed by atoms with Crippen LogP contribution in [0.4, 0.5) is 0 Å². The molecule has 1 heterocycles. The normalized spacial score (nSPS) is 22.4. The van der Waals surface area contributed by atoms with Crippen LogP contribution in [0.3, 0.4) is 0 Å². The highest BCUT2D eigenvalue weighted by molar-refractivity contribution is 6.35. The molecule has 1 aromatic carbocycles. The van der Waals surface area contributed by atoms with Gasteiger partial charge in [0.1, 0.15) is 11.9 Å². The summed E-state index contributed by atoms with van der Waals surface area (Å²) >= 11 is 12.2. The van der Waals surface area contributed by atoms with Crippen molar-refractivity contribution < 1.29 is 9.57 Å². The summed E-state index contributed by atoms with van der Waals surface area (Å²) in [7, 11) is 1.59. The predicted octanol–water partition coefficient (Wildman–Crippen LogP) is 3.75. The maximum absolute atomic E-state index is 6.21. The molecule has 0 spiro atoms. The summed E-state index contributed by atoms with van der Waals surface area (Å²) in [5, 5.41) is 1.20. The maximum atomic E-state index is 6.21. The number of rotatable bonds is 4. The van der Waals surface area contributed by atoms with Crippen molar-refractivity contribution in [2.75, 3.05) is 7.11 Å². The molecular weight excluding hydrogens is 261 g/mol. The molecular formula is C12H15Cl2NO2. The standard InChI is InChI=1S/C12H15Cl2NO2/c1-3-4-9-12(15-16-2)11-8(14)5-7(13)6-10(11)17-9/h5-6,9,12,15H,3-4H2,1-2H3. The number of benzene rings is 1. The minimum absolute atomic E-state index is 0.0333. The largest absolute Gasteiger partial charge is 0.488 e. The average molecular weight is 276 g/mol. The molecule has 94 valence electrons. The molecule has 2 unspecified atom stereocenters. The van der Waals surface area contributed by atoms with Crippen molar-refractivity contribution in [3.8, 4) is 5.75 Å². The van der Waals surface area contributed by atoms with Crippen LogP contribution in [0.5, 0.6) is 5.75 Å². The Balaban J connectivity index is 2.36. The maximum Gasteiger partial charge on any atom is 0.127 e. The Bertz CT molecular complexity index is 412. The van der Waals surface area contributed by atoms with Gasteiger partial charge in [0.2, 0.25) is 0 Å². The lowest BCUT2D eigenvalue weighted by Gasteiger charge is -2.18. The van der Waals surface area contributed by atoms with Gasteiger partial charge in [-0.3, -0.25) is 0 Å². The van der Waals surface area contributed by atoms with E-state index in [0.717, 1.165) is 24.2 Å². The first-order valence-corrected chi connectivity index (χ1v) is 6.37. The minimum Gasteiger partial charge on any atom is -0.488 e. The molecule has 17 heavy (non-hydrogen) atoms. The molecule has 1 N–H and O–H groups in total. The summed E-state index contributed by atoms with van der Waals surface area (Å²) in [5.41, 5.74) is 3.87. The first-order valence-electron chi connectivity index (χ1n) is 5.61. The van der Waals surface area contributed by atoms with Gasteiger partial charge in [-0.25, -0.2) is 0 Å². The highest BCUT2D eigenvalue weighted by Crippen LogP contribution is 2.44. The molecule has 0 saturated carbocycles. The summed E-state index contributed by atoms with van der Waals surface area (Å²) in [4.78, 5) is 5.02. The van der Waals surface area contributed by atoms with Crippen LogP contribution < -0.4 is 10.2 Å². The summed E-state index contributed by atoms with van der Waals surface area (Å²) < 4.78 is 5.86. The van der Waals surface area contributed by atoms with Gasteiger partial charge in [0.25, 0.3) is 0 Å². The predicted molar refractivity (Wildman–Crippen MR) is 68.7 cm³/mol. The quantitative estimate of drug-likeness (QED) is 0.850. The fraction of sp³-hybridized carbons (Fsp3) is 0.500. The molecule has 0 aliphatic carbocycles. The smallest absolute Gasteiger partial charge is 0.127 e. The van der Waals surface area contributed by atoms with E-state index >= 15 is 0 Å². The number of halogens is 2. The first kappa shape index (κ1) is 13.0. The SMILES string of the molecule is CCCC1Oc2cc(Cl)cc(Cl)c2C1NOC. The number of ether oxygens (including phenoxy) is 1. The lowest BCUT2D eigenvalue weighted by atomic mass is 10.0. The van der Waals surface area contributed by atoms with Crippen molar-refractivity contribution in [3.63, 3.8) is 0 Å². The van der Waals surface area contributed by atoms with Gasteiger partial charge < -0.3 is 9.57 Å². The zero-order valence-electron chi connectivity index (χ0n) is 9.80. The summed E-state index contributed by atoms with van der Waals surface area (Å²) in [6.45, 7) is 2.12. The number of hydrogen-bond acceptors (Lipinski definition) is 3. The fourth-order valence-electron chi connectivity index (χ4n) is 2.15.